The van der Waals surface area contributed by atoms with Gasteiger partial charge >= 0.3 is 0 Å². The molecular weight excluding hydrogens is 254 g/mol. The summed E-state index contributed by atoms with van der Waals surface area (Å²) in [5.41, 5.74) is 5.61. The Hall–Kier alpha value is -0.850. The van der Waals surface area contributed by atoms with Gasteiger partial charge in [0, 0.05) is 12.8 Å². The van der Waals surface area contributed by atoms with Crippen molar-refractivity contribution < 1.29 is 0 Å². The first kappa shape index (κ1) is 20.1. The molecule has 0 spiro atoms. The molecule has 0 amide bonds. The largest absolute Gasteiger partial charge is 0.292 e. The van der Waals surface area contributed by atoms with Gasteiger partial charge in [-0.25, -0.2) is 0 Å². The predicted molar refractivity (Wildman–Crippen MR) is 98.3 cm³/mol. The third-order valence-electron chi connectivity index (χ3n) is 4.95. The van der Waals surface area contributed by atoms with E-state index in [2.05, 4.69) is 53.1 Å². The van der Waals surface area contributed by atoms with Gasteiger partial charge in [-0.15, -0.1) is 0 Å². The first-order valence-corrected chi connectivity index (χ1v) is 8.72. The fourth-order valence-corrected chi connectivity index (χ4v) is 3.45. The molecule has 0 fully saturated rings. The van der Waals surface area contributed by atoms with Gasteiger partial charge in [0.25, 0.3) is 0 Å². The third kappa shape index (κ3) is 5.80. The quantitative estimate of drug-likeness (QED) is 0.312. The Balaban J connectivity index is 5.54. The van der Waals surface area contributed by atoms with Crippen LogP contribution < -0.4 is 0 Å². The lowest BCUT2D eigenvalue weighted by Crippen LogP contribution is -2.21. The fourth-order valence-electron chi connectivity index (χ4n) is 3.45. The second kappa shape index (κ2) is 9.97. The van der Waals surface area contributed by atoms with Crippen molar-refractivity contribution in [3.63, 3.8) is 0 Å². The van der Waals surface area contributed by atoms with E-state index >= 15 is 0 Å². The van der Waals surface area contributed by atoms with Crippen molar-refractivity contribution in [2.24, 2.45) is 10.4 Å². The van der Waals surface area contributed by atoms with Crippen LogP contribution in [-0.2, 0) is 0 Å². The van der Waals surface area contributed by atoms with Crippen LogP contribution in [0.25, 0.3) is 0 Å². The second-order valence-electron chi connectivity index (χ2n) is 6.45. The van der Waals surface area contributed by atoms with Gasteiger partial charge < -0.3 is 0 Å². The lowest BCUT2D eigenvalue weighted by atomic mass is 9.72. The Morgan fingerprint density at radius 2 is 1.62 bits per heavy atom. The van der Waals surface area contributed by atoms with E-state index in [1.54, 1.807) is 0 Å². The van der Waals surface area contributed by atoms with Crippen LogP contribution in [0.2, 0.25) is 0 Å². The van der Waals surface area contributed by atoms with Gasteiger partial charge in [-0.2, -0.15) is 0 Å². The molecule has 1 heteroatoms. The molecule has 0 saturated carbocycles. The Kier molecular flexibility index (Phi) is 9.57. The van der Waals surface area contributed by atoms with Crippen molar-refractivity contribution in [3.05, 3.63) is 23.3 Å². The summed E-state index contributed by atoms with van der Waals surface area (Å²) >= 11 is 0. The molecule has 122 valence electrons. The van der Waals surface area contributed by atoms with Gasteiger partial charge in [0.2, 0.25) is 0 Å². The number of rotatable bonds is 10. The maximum absolute atomic E-state index is 4.49. The summed E-state index contributed by atoms with van der Waals surface area (Å²) in [6.45, 7) is 17.8. The molecule has 0 atom stereocenters. The highest BCUT2D eigenvalue weighted by molar-refractivity contribution is 6.04. The number of hydrogen-bond acceptors (Lipinski definition) is 1. The summed E-state index contributed by atoms with van der Waals surface area (Å²) in [6.07, 6.45) is 8.64. The zero-order valence-corrected chi connectivity index (χ0v) is 15.6. The van der Waals surface area contributed by atoms with Crippen LogP contribution in [-0.4, -0.2) is 12.8 Å². The van der Waals surface area contributed by atoms with Crippen molar-refractivity contribution in [2.45, 2.75) is 86.5 Å². The Morgan fingerprint density at radius 1 is 1.05 bits per heavy atom. The summed E-state index contributed by atoms with van der Waals surface area (Å²) in [7, 11) is 1.90. The maximum Gasteiger partial charge on any atom is 0.0416 e. The van der Waals surface area contributed by atoms with Gasteiger partial charge in [-0.05, 0) is 49.7 Å². The lowest BCUT2D eigenvalue weighted by Gasteiger charge is -2.33. The van der Waals surface area contributed by atoms with E-state index in [1.165, 1.54) is 55.4 Å². The molecule has 0 N–H and O–H groups in total. The Labute approximate surface area is 133 Å². The van der Waals surface area contributed by atoms with Crippen molar-refractivity contribution in [1.29, 1.82) is 0 Å². The van der Waals surface area contributed by atoms with E-state index in [9.17, 15) is 0 Å². The first-order valence-electron chi connectivity index (χ1n) is 8.72. The zero-order valence-electron chi connectivity index (χ0n) is 15.6. The Bertz CT molecular complexity index is 381. The average molecular weight is 292 g/mol. The number of allylic oxidation sites excluding steroid dienone is 3. The van der Waals surface area contributed by atoms with E-state index in [1.807, 2.05) is 7.05 Å². The van der Waals surface area contributed by atoms with Crippen molar-refractivity contribution >= 4 is 5.71 Å². The SMILES string of the molecule is C=C(C)/C(C(CC)=NC)=C(/C)CC(CC)(CC)CCCC. The highest BCUT2D eigenvalue weighted by Crippen LogP contribution is 2.40. The molecule has 0 aliphatic rings. The number of hydrogen-bond donors (Lipinski definition) is 0. The van der Waals surface area contributed by atoms with E-state index in [-0.39, 0.29) is 0 Å². The normalized spacial score (nSPS) is 14.1. The molecule has 0 aliphatic carbocycles. The molecule has 0 rings (SSSR count). The molecule has 0 aliphatic heterocycles. The summed E-state index contributed by atoms with van der Waals surface area (Å²) in [5, 5.41) is 0. The molecule has 0 heterocycles. The summed E-state index contributed by atoms with van der Waals surface area (Å²) in [5.74, 6) is 0. The lowest BCUT2D eigenvalue weighted by molar-refractivity contribution is 0.229. The van der Waals surface area contributed by atoms with E-state index in [4.69, 9.17) is 0 Å². The standard InChI is InChI=1S/C20H37N/c1-9-13-14-20(11-3,12-4)15-17(7)19(16(5)6)18(10-2)21-8/h5,9-15H2,1-4,6-8H3/b19-17+,21-18?. The average Bonchev–Trinajstić information content (AvgIpc) is 2.48. The summed E-state index contributed by atoms with van der Waals surface area (Å²) in [4.78, 5) is 4.49. The van der Waals surface area contributed by atoms with E-state index in [0.717, 1.165) is 12.0 Å². The smallest absolute Gasteiger partial charge is 0.0416 e. The van der Waals surface area contributed by atoms with Crippen LogP contribution in [0, 0.1) is 5.41 Å². The van der Waals surface area contributed by atoms with Gasteiger partial charge in [0.1, 0.15) is 0 Å². The maximum atomic E-state index is 4.49. The molecular formula is C20H37N. The van der Waals surface area contributed by atoms with Crippen LogP contribution in [0.1, 0.15) is 86.5 Å². The molecule has 0 unspecified atom stereocenters. The third-order valence-corrected chi connectivity index (χ3v) is 4.95. The van der Waals surface area contributed by atoms with Crippen LogP contribution in [0.5, 0.6) is 0 Å². The summed E-state index contributed by atoms with van der Waals surface area (Å²) < 4.78 is 0. The van der Waals surface area contributed by atoms with Crippen molar-refractivity contribution in [2.75, 3.05) is 7.05 Å². The molecule has 0 bridgehead atoms. The molecule has 0 aromatic rings. The topological polar surface area (TPSA) is 12.4 Å². The second-order valence-corrected chi connectivity index (χ2v) is 6.45. The van der Waals surface area contributed by atoms with E-state index < -0.39 is 0 Å². The Morgan fingerprint density at radius 3 is 1.95 bits per heavy atom. The highest BCUT2D eigenvalue weighted by Gasteiger charge is 2.27. The monoisotopic (exact) mass is 291 g/mol. The van der Waals surface area contributed by atoms with Crippen molar-refractivity contribution in [1.82, 2.24) is 0 Å². The molecule has 0 aromatic carbocycles. The first-order chi connectivity index (χ1) is 9.91. The number of unbranched alkanes of at least 4 members (excludes halogenated alkanes) is 1. The minimum absolute atomic E-state index is 0.452. The molecule has 0 aromatic heterocycles. The molecule has 0 saturated heterocycles. The van der Waals surface area contributed by atoms with Crippen LogP contribution in [0.15, 0.2) is 28.3 Å². The van der Waals surface area contributed by atoms with Crippen LogP contribution >= 0.6 is 0 Å². The summed E-state index contributed by atoms with van der Waals surface area (Å²) in [6, 6.07) is 0. The van der Waals surface area contributed by atoms with Gasteiger partial charge in [0.05, 0.1) is 0 Å². The van der Waals surface area contributed by atoms with Crippen LogP contribution in [0.3, 0.4) is 0 Å². The minimum Gasteiger partial charge on any atom is -0.292 e. The highest BCUT2D eigenvalue weighted by atomic mass is 14.7. The minimum atomic E-state index is 0.452. The van der Waals surface area contributed by atoms with E-state index in [0.29, 0.717) is 5.41 Å². The predicted octanol–water partition coefficient (Wildman–Crippen LogP) is 6.75. The van der Waals surface area contributed by atoms with Gasteiger partial charge in [0.15, 0.2) is 0 Å². The number of nitrogens with zero attached hydrogens (tertiary/aromatic N) is 1. The fraction of sp³-hybridized carbons (Fsp3) is 0.750. The van der Waals surface area contributed by atoms with Crippen LogP contribution in [0.4, 0.5) is 0 Å². The van der Waals surface area contributed by atoms with Gasteiger partial charge in [-0.1, -0.05) is 65.5 Å². The van der Waals surface area contributed by atoms with Gasteiger partial charge in [-0.3, -0.25) is 4.99 Å². The zero-order chi connectivity index (χ0) is 16.5. The molecule has 1 nitrogen and oxygen atoms in total. The molecule has 0 radical (unpaired) electrons. The number of aliphatic imine (C=N–C) groups is 1. The van der Waals surface area contributed by atoms with Crippen molar-refractivity contribution in [3.8, 4) is 0 Å². The molecule has 21 heavy (non-hydrogen) atoms.